The van der Waals surface area contributed by atoms with Crippen molar-refractivity contribution in [3.05, 3.63) is 44.3 Å². The molecule has 0 aliphatic carbocycles. The first-order chi connectivity index (χ1) is 19.1. The van der Waals surface area contributed by atoms with Crippen molar-refractivity contribution in [3.8, 4) is 0 Å². The molecule has 0 amide bonds. The Hall–Kier alpha value is -0.800. The molecule has 0 aliphatic heterocycles. The molecule has 1 nitrogen and oxygen atoms in total. The van der Waals surface area contributed by atoms with E-state index < -0.39 is 0 Å². The van der Waals surface area contributed by atoms with E-state index in [-0.39, 0.29) is 0 Å². The van der Waals surface area contributed by atoms with Gasteiger partial charge in [-0.1, -0.05) is 129 Å². The van der Waals surface area contributed by atoms with Crippen LogP contribution in [0.4, 0.5) is 0 Å². The molecule has 3 aromatic rings. The predicted octanol–water partition coefficient (Wildman–Crippen LogP) is 13.8. The zero-order valence-electron chi connectivity index (χ0n) is 25.1. The fraction of sp³-hybridized carbons (Fsp3) is 0.667. The Morgan fingerprint density at radius 2 is 0.744 bits per heavy atom. The molecule has 0 unspecified atom stereocenters. The van der Waals surface area contributed by atoms with Crippen LogP contribution in [0.2, 0.25) is 0 Å². The Labute approximate surface area is 256 Å². The molecule has 0 spiro atoms. The number of rotatable bonds is 22. The zero-order valence-corrected chi connectivity index (χ0v) is 28.3. The maximum atomic E-state index is 3.88. The van der Waals surface area contributed by atoms with E-state index >= 15 is 0 Å². The summed E-state index contributed by atoms with van der Waals surface area (Å²) in [6.45, 7) is 4.59. The minimum atomic E-state index is 1.18. The largest absolute Gasteiger partial charge is 0.353 e. The van der Waals surface area contributed by atoms with Crippen molar-refractivity contribution in [2.75, 3.05) is 0 Å². The Bertz CT molecular complexity index is 999. The van der Waals surface area contributed by atoms with E-state index in [1.54, 1.807) is 0 Å². The average Bonchev–Trinajstić information content (AvgIpc) is 3.30. The molecule has 0 saturated heterocycles. The average molecular weight is 662 g/mol. The summed E-state index contributed by atoms with van der Waals surface area (Å²) < 4.78 is 2.39. The van der Waals surface area contributed by atoms with Crippen LogP contribution >= 0.6 is 31.9 Å². The van der Waals surface area contributed by atoms with Crippen LogP contribution in [-0.2, 0) is 12.8 Å². The number of halogens is 2. The number of aryl methyl sites for hydroxylation is 2. The van der Waals surface area contributed by atoms with E-state index in [2.05, 4.69) is 75.0 Å². The van der Waals surface area contributed by atoms with Gasteiger partial charge in [0.2, 0.25) is 0 Å². The smallest absolute Gasteiger partial charge is 0.0609 e. The second kappa shape index (κ2) is 19.3. The van der Waals surface area contributed by atoms with Crippen LogP contribution < -0.4 is 0 Å². The molecule has 1 heterocycles. The van der Waals surface area contributed by atoms with Crippen molar-refractivity contribution in [2.24, 2.45) is 0 Å². The summed E-state index contributed by atoms with van der Waals surface area (Å²) >= 11 is 7.76. The van der Waals surface area contributed by atoms with E-state index in [1.165, 1.54) is 183 Å². The standard InChI is InChI=1S/C36H55Br2N/c1-3-5-7-9-11-13-15-17-19-21-23-29-25-31-32-26-30(24-22-20-18-16-14-12-10-8-6-4-2)28-34(38)36(32)39-35(31)33(37)27-29/h25-28,39H,3-24H2,1-2H3. The van der Waals surface area contributed by atoms with E-state index in [0.29, 0.717) is 0 Å². The van der Waals surface area contributed by atoms with Crippen LogP contribution in [0, 0.1) is 0 Å². The summed E-state index contributed by atoms with van der Waals surface area (Å²) in [5, 5.41) is 2.74. The van der Waals surface area contributed by atoms with Gasteiger partial charge in [-0.15, -0.1) is 0 Å². The second-order valence-electron chi connectivity index (χ2n) is 12.0. The van der Waals surface area contributed by atoms with Crippen molar-refractivity contribution in [3.63, 3.8) is 0 Å². The second-order valence-corrected chi connectivity index (χ2v) is 13.7. The summed E-state index contributed by atoms with van der Waals surface area (Å²) in [7, 11) is 0. The Balaban J connectivity index is 1.47. The lowest BCUT2D eigenvalue weighted by atomic mass is 10.0. The molecule has 218 valence electrons. The van der Waals surface area contributed by atoms with Gasteiger partial charge in [0.05, 0.1) is 11.0 Å². The number of benzene rings is 2. The number of unbranched alkanes of at least 4 members (excludes halogenated alkanes) is 18. The molecule has 3 heteroatoms. The van der Waals surface area contributed by atoms with E-state index in [9.17, 15) is 0 Å². The molecular formula is C36H55Br2N. The van der Waals surface area contributed by atoms with Crippen LogP contribution in [0.5, 0.6) is 0 Å². The third-order valence-electron chi connectivity index (χ3n) is 8.48. The van der Waals surface area contributed by atoms with Crippen molar-refractivity contribution >= 4 is 53.7 Å². The normalized spacial score (nSPS) is 11.8. The van der Waals surface area contributed by atoms with Gasteiger partial charge >= 0.3 is 0 Å². The lowest BCUT2D eigenvalue weighted by molar-refractivity contribution is 0.556. The fourth-order valence-electron chi connectivity index (χ4n) is 6.05. The van der Waals surface area contributed by atoms with Crippen molar-refractivity contribution in [2.45, 2.75) is 155 Å². The Kier molecular flexibility index (Phi) is 16.2. The first kappa shape index (κ1) is 32.7. The highest BCUT2D eigenvalue weighted by molar-refractivity contribution is 9.11. The molecule has 0 fully saturated rings. The monoisotopic (exact) mass is 659 g/mol. The predicted molar refractivity (Wildman–Crippen MR) is 182 cm³/mol. The highest BCUT2D eigenvalue weighted by Gasteiger charge is 2.13. The molecule has 1 N–H and O–H groups in total. The molecule has 39 heavy (non-hydrogen) atoms. The van der Waals surface area contributed by atoms with Gasteiger partial charge in [0, 0.05) is 19.7 Å². The summed E-state index contributed by atoms with van der Waals surface area (Å²) in [5.41, 5.74) is 5.39. The fourth-order valence-corrected chi connectivity index (χ4v) is 7.26. The van der Waals surface area contributed by atoms with Crippen LogP contribution in [0.15, 0.2) is 33.2 Å². The maximum Gasteiger partial charge on any atom is 0.0609 e. The Morgan fingerprint density at radius 3 is 1.08 bits per heavy atom. The number of aromatic amines is 1. The van der Waals surface area contributed by atoms with E-state index in [0.717, 1.165) is 0 Å². The van der Waals surface area contributed by atoms with Crippen molar-refractivity contribution in [1.82, 2.24) is 4.98 Å². The van der Waals surface area contributed by atoms with Gasteiger partial charge in [-0.05, 0) is 92.9 Å². The third kappa shape index (κ3) is 11.5. The molecule has 0 bridgehead atoms. The summed E-state index contributed by atoms with van der Waals surface area (Å²) in [4.78, 5) is 3.69. The van der Waals surface area contributed by atoms with Gasteiger partial charge in [-0.3, -0.25) is 0 Å². The van der Waals surface area contributed by atoms with Crippen LogP contribution in [-0.4, -0.2) is 4.98 Å². The molecule has 1 aromatic heterocycles. The summed E-state index contributed by atoms with van der Waals surface area (Å²) in [6, 6.07) is 9.57. The zero-order chi connectivity index (χ0) is 27.7. The molecule has 0 radical (unpaired) electrons. The molecule has 0 saturated carbocycles. The van der Waals surface area contributed by atoms with Gasteiger partial charge < -0.3 is 4.98 Å². The third-order valence-corrected chi connectivity index (χ3v) is 9.73. The van der Waals surface area contributed by atoms with E-state index in [4.69, 9.17) is 0 Å². The maximum absolute atomic E-state index is 3.88. The number of H-pyrrole nitrogens is 1. The first-order valence-electron chi connectivity index (χ1n) is 16.6. The quantitative estimate of drug-likeness (QED) is 0.103. The molecule has 0 atom stereocenters. The van der Waals surface area contributed by atoms with Crippen LogP contribution in [0.3, 0.4) is 0 Å². The minimum absolute atomic E-state index is 1.18. The van der Waals surface area contributed by atoms with E-state index in [1.807, 2.05) is 0 Å². The number of aromatic nitrogens is 1. The number of fused-ring (bicyclic) bond motifs is 3. The molecular weight excluding hydrogens is 606 g/mol. The van der Waals surface area contributed by atoms with Crippen molar-refractivity contribution < 1.29 is 0 Å². The molecule has 0 aliphatic rings. The van der Waals surface area contributed by atoms with Gasteiger partial charge in [0.1, 0.15) is 0 Å². The summed E-state index contributed by atoms with van der Waals surface area (Å²) in [6.07, 6.45) is 30.2. The lowest BCUT2D eigenvalue weighted by Gasteiger charge is -2.06. The Morgan fingerprint density at radius 1 is 0.436 bits per heavy atom. The van der Waals surface area contributed by atoms with Crippen LogP contribution in [0.25, 0.3) is 21.8 Å². The lowest BCUT2D eigenvalue weighted by Crippen LogP contribution is -1.88. The SMILES string of the molecule is CCCCCCCCCCCCc1cc(Br)c2[nH]c3c(Br)cc(CCCCCCCCCCCC)cc3c2c1. The number of nitrogens with one attached hydrogen (secondary N) is 1. The highest BCUT2D eigenvalue weighted by atomic mass is 79.9. The highest BCUT2D eigenvalue weighted by Crippen LogP contribution is 2.36. The summed E-state index contributed by atoms with van der Waals surface area (Å²) in [5.74, 6) is 0. The topological polar surface area (TPSA) is 15.8 Å². The van der Waals surface area contributed by atoms with Gasteiger partial charge in [0.25, 0.3) is 0 Å². The number of hydrogen-bond donors (Lipinski definition) is 1. The molecule has 3 rings (SSSR count). The molecule has 2 aromatic carbocycles. The minimum Gasteiger partial charge on any atom is -0.353 e. The van der Waals surface area contributed by atoms with Crippen molar-refractivity contribution in [1.29, 1.82) is 0 Å². The first-order valence-corrected chi connectivity index (χ1v) is 18.1. The number of hydrogen-bond acceptors (Lipinski definition) is 0. The van der Waals surface area contributed by atoms with Crippen LogP contribution in [0.1, 0.15) is 153 Å². The van der Waals surface area contributed by atoms with Gasteiger partial charge in [-0.25, -0.2) is 0 Å². The van der Waals surface area contributed by atoms with Gasteiger partial charge in [0.15, 0.2) is 0 Å². The van der Waals surface area contributed by atoms with Gasteiger partial charge in [-0.2, -0.15) is 0 Å².